The van der Waals surface area contributed by atoms with Gasteiger partial charge >= 0.3 is 0 Å². The van der Waals surface area contributed by atoms with Gasteiger partial charge in [-0.15, -0.1) is 0 Å². The molecule has 0 aliphatic heterocycles. The van der Waals surface area contributed by atoms with Crippen LogP contribution in [0.3, 0.4) is 0 Å². The molecule has 1 aromatic heterocycles. The predicted molar refractivity (Wildman–Crippen MR) is 116 cm³/mol. The maximum atomic E-state index is 13.1. The Bertz CT molecular complexity index is 971. The maximum Gasteiger partial charge on any atom is 0.241 e. The molecule has 30 heavy (non-hydrogen) atoms. The fourth-order valence-corrected chi connectivity index (χ4v) is 3.16. The predicted octanol–water partition coefficient (Wildman–Crippen LogP) is 4.12. The number of likely N-dealkylation sites (N-methyl/N-ethyl adjacent to an activating group) is 1. The third kappa shape index (κ3) is 5.45. The molecule has 0 aliphatic rings. The molecule has 1 amide bonds. The van der Waals surface area contributed by atoms with Gasteiger partial charge in [0, 0.05) is 11.3 Å². The summed E-state index contributed by atoms with van der Waals surface area (Å²) in [5.74, 6) is 0.292. The topological polar surface area (TPSA) is 70.2 Å². The van der Waals surface area contributed by atoms with Gasteiger partial charge in [-0.2, -0.15) is 5.10 Å². The normalized spacial score (nSPS) is 12.0. The summed E-state index contributed by atoms with van der Waals surface area (Å²) in [6.45, 7) is 2.64. The first kappa shape index (κ1) is 21.5. The van der Waals surface area contributed by atoms with Gasteiger partial charge in [-0.25, -0.2) is 4.39 Å². The molecular weight excluding hydrogens is 383 g/mol. The molecule has 2 aromatic carbocycles. The Labute approximate surface area is 176 Å². The van der Waals surface area contributed by atoms with E-state index < -0.39 is 0 Å². The lowest BCUT2D eigenvalue weighted by atomic mass is 10.1. The first-order chi connectivity index (χ1) is 14.5. The molecule has 158 valence electrons. The van der Waals surface area contributed by atoms with Gasteiger partial charge in [0.15, 0.2) is 0 Å². The number of halogens is 1. The number of aromatic amines is 1. The van der Waals surface area contributed by atoms with Gasteiger partial charge in [0.05, 0.1) is 24.5 Å². The molecular formula is C23H27FN4O2. The Morgan fingerprint density at radius 2 is 1.97 bits per heavy atom. The Morgan fingerprint density at radius 1 is 1.23 bits per heavy atom. The monoisotopic (exact) mass is 410 g/mol. The van der Waals surface area contributed by atoms with Crippen LogP contribution >= 0.6 is 0 Å². The molecule has 0 bridgehead atoms. The highest BCUT2D eigenvalue weighted by molar-refractivity contribution is 5.95. The molecule has 0 spiro atoms. The van der Waals surface area contributed by atoms with Crippen LogP contribution in [-0.4, -0.2) is 47.7 Å². The minimum absolute atomic E-state index is 0.0814. The maximum absolute atomic E-state index is 13.1. The molecule has 1 atom stereocenters. The Morgan fingerprint density at radius 3 is 2.70 bits per heavy atom. The molecule has 6 nitrogen and oxygen atoms in total. The summed E-state index contributed by atoms with van der Waals surface area (Å²) in [4.78, 5) is 14.6. The molecule has 2 N–H and O–H groups in total. The Kier molecular flexibility index (Phi) is 7.19. The van der Waals surface area contributed by atoms with E-state index in [1.165, 1.54) is 12.1 Å². The number of carbonyl (C=O) groups is 1. The second kappa shape index (κ2) is 10.0. The quantitative estimate of drug-likeness (QED) is 0.557. The molecule has 0 fully saturated rings. The number of aryl methyl sites for hydroxylation is 1. The lowest BCUT2D eigenvalue weighted by molar-refractivity contribution is -0.120. The molecule has 1 unspecified atom stereocenters. The van der Waals surface area contributed by atoms with Crippen LogP contribution in [0.4, 0.5) is 10.1 Å². The summed E-state index contributed by atoms with van der Waals surface area (Å²) in [5.41, 5.74) is 3.34. The number of H-pyrrole nitrogens is 1. The standard InChI is InChI=1S/C23H27FN4O2/c1-16(23(29)25-20-8-4-5-9-22(20)30-3)28(2)14-6-7-19-15-21(27-26-19)17-10-12-18(24)13-11-17/h4-5,8-13,15-16H,6-7,14H2,1-3H3,(H,25,29)(H,26,27). The third-order valence-corrected chi connectivity index (χ3v) is 5.13. The largest absolute Gasteiger partial charge is 0.495 e. The van der Waals surface area contributed by atoms with Crippen LogP contribution in [0, 0.1) is 5.82 Å². The highest BCUT2D eigenvalue weighted by atomic mass is 19.1. The lowest BCUT2D eigenvalue weighted by Crippen LogP contribution is -2.40. The van der Waals surface area contributed by atoms with Crippen molar-refractivity contribution in [1.29, 1.82) is 0 Å². The molecule has 7 heteroatoms. The number of carbonyl (C=O) groups excluding carboxylic acids is 1. The number of amides is 1. The van der Waals surface area contributed by atoms with Crippen molar-refractivity contribution in [3.63, 3.8) is 0 Å². The lowest BCUT2D eigenvalue weighted by Gasteiger charge is -2.24. The molecule has 0 radical (unpaired) electrons. The zero-order valence-corrected chi connectivity index (χ0v) is 17.5. The van der Waals surface area contributed by atoms with E-state index >= 15 is 0 Å². The fraction of sp³-hybridized carbons (Fsp3) is 0.304. The Balaban J connectivity index is 1.48. The number of hydrogen-bond donors (Lipinski definition) is 2. The van der Waals surface area contributed by atoms with Crippen LogP contribution in [0.5, 0.6) is 5.75 Å². The fourth-order valence-electron chi connectivity index (χ4n) is 3.16. The molecule has 3 rings (SSSR count). The zero-order chi connectivity index (χ0) is 21.5. The number of methoxy groups -OCH3 is 1. The molecule has 0 saturated heterocycles. The first-order valence-corrected chi connectivity index (χ1v) is 9.92. The summed E-state index contributed by atoms with van der Waals surface area (Å²) in [5, 5.41) is 10.3. The van der Waals surface area contributed by atoms with Crippen LogP contribution in [0.15, 0.2) is 54.6 Å². The van der Waals surface area contributed by atoms with Crippen LogP contribution in [0.1, 0.15) is 19.0 Å². The molecule has 0 saturated carbocycles. The van der Waals surface area contributed by atoms with E-state index in [2.05, 4.69) is 15.5 Å². The van der Waals surface area contributed by atoms with Gasteiger partial charge in [0.1, 0.15) is 11.6 Å². The van der Waals surface area contributed by atoms with Crippen molar-refractivity contribution in [2.24, 2.45) is 0 Å². The van der Waals surface area contributed by atoms with Gasteiger partial charge in [0.25, 0.3) is 0 Å². The Hall–Kier alpha value is -3.19. The third-order valence-electron chi connectivity index (χ3n) is 5.13. The van der Waals surface area contributed by atoms with E-state index in [4.69, 9.17) is 4.74 Å². The minimum atomic E-state index is -0.286. The van der Waals surface area contributed by atoms with E-state index in [0.29, 0.717) is 11.4 Å². The number of benzene rings is 2. The molecule has 0 aliphatic carbocycles. The van der Waals surface area contributed by atoms with Crippen LogP contribution in [-0.2, 0) is 11.2 Å². The van der Waals surface area contributed by atoms with Crippen molar-refractivity contribution in [1.82, 2.24) is 15.1 Å². The number of hydrogen-bond acceptors (Lipinski definition) is 4. The van der Waals surface area contributed by atoms with E-state index in [9.17, 15) is 9.18 Å². The summed E-state index contributed by atoms with van der Waals surface area (Å²) < 4.78 is 18.3. The summed E-state index contributed by atoms with van der Waals surface area (Å²) in [6.07, 6.45) is 1.67. The van der Waals surface area contributed by atoms with Crippen molar-refractivity contribution in [3.8, 4) is 17.0 Å². The van der Waals surface area contributed by atoms with Gasteiger partial charge in [0.2, 0.25) is 5.91 Å². The first-order valence-electron chi connectivity index (χ1n) is 9.92. The average Bonchev–Trinajstić information content (AvgIpc) is 3.22. The van der Waals surface area contributed by atoms with Crippen LogP contribution in [0.2, 0.25) is 0 Å². The number of nitrogens with one attached hydrogen (secondary N) is 2. The second-order valence-corrected chi connectivity index (χ2v) is 7.23. The van der Waals surface area contributed by atoms with Gasteiger partial charge < -0.3 is 10.1 Å². The number of ether oxygens (including phenoxy) is 1. The van der Waals surface area contributed by atoms with Gasteiger partial charge in [-0.3, -0.25) is 14.8 Å². The van der Waals surface area contributed by atoms with Crippen molar-refractivity contribution >= 4 is 11.6 Å². The highest BCUT2D eigenvalue weighted by Gasteiger charge is 2.19. The van der Waals surface area contributed by atoms with Gasteiger partial charge in [-0.05, 0) is 75.8 Å². The van der Waals surface area contributed by atoms with Crippen molar-refractivity contribution < 1.29 is 13.9 Å². The average molecular weight is 410 g/mol. The number of nitrogens with zero attached hydrogens (tertiary/aromatic N) is 2. The molecule has 3 aromatic rings. The van der Waals surface area contributed by atoms with Crippen LogP contribution < -0.4 is 10.1 Å². The van der Waals surface area contributed by atoms with E-state index in [1.807, 2.05) is 49.2 Å². The SMILES string of the molecule is COc1ccccc1NC(=O)C(C)N(C)CCCc1cc(-c2ccc(F)cc2)n[nH]1. The van der Waals surface area contributed by atoms with Gasteiger partial charge in [-0.1, -0.05) is 12.1 Å². The number of para-hydroxylation sites is 2. The minimum Gasteiger partial charge on any atom is -0.495 e. The smallest absolute Gasteiger partial charge is 0.241 e. The zero-order valence-electron chi connectivity index (χ0n) is 17.5. The number of rotatable bonds is 9. The second-order valence-electron chi connectivity index (χ2n) is 7.23. The van der Waals surface area contributed by atoms with Crippen molar-refractivity contribution in [2.75, 3.05) is 26.0 Å². The molecule has 1 heterocycles. The van der Waals surface area contributed by atoms with E-state index in [-0.39, 0.29) is 17.8 Å². The number of anilines is 1. The van der Waals surface area contributed by atoms with E-state index in [1.54, 1.807) is 19.2 Å². The van der Waals surface area contributed by atoms with Crippen molar-refractivity contribution in [2.45, 2.75) is 25.8 Å². The van der Waals surface area contributed by atoms with Crippen molar-refractivity contribution in [3.05, 3.63) is 66.1 Å². The summed E-state index contributed by atoms with van der Waals surface area (Å²) in [7, 11) is 3.51. The summed E-state index contributed by atoms with van der Waals surface area (Å²) in [6, 6.07) is 15.3. The van der Waals surface area contributed by atoms with Crippen LogP contribution in [0.25, 0.3) is 11.3 Å². The summed E-state index contributed by atoms with van der Waals surface area (Å²) >= 11 is 0. The number of aromatic nitrogens is 2. The highest BCUT2D eigenvalue weighted by Crippen LogP contribution is 2.23. The van der Waals surface area contributed by atoms with E-state index in [0.717, 1.165) is 36.3 Å².